The SMILES string of the molecule is CC1(C)OB(c2c([Si](C)(C)C)nn3c2CCCC3)OC1(C)C. The Morgan fingerprint density at radius 3 is 2.18 bits per heavy atom. The molecule has 4 nitrogen and oxygen atoms in total. The van der Waals surface area contributed by atoms with Gasteiger partial charge in [-0.1, -0.05) is 19.6 Å². The summed E-state index contributed by atoms with van der Waals surface area (Å²) >= 11 is 0. The molecular formula is C16H29BN2O2Si. The summed E-state index contributed by atoms with van der Waals surface area (Å²) in [7, 11) is -1.82. The third-order valence-corrected chi connectivity index (χ3v) is 7.12. The van der Waals surface area contributed by atoms with Gasteiger partial charge in [-0.15, -0.1) is 0 Å². The summed E-state index contributed by atoms with van der Waals surface area (Å²) in [4.78, 5) is 0. The quantitative estimate of drug-likeness (QED) is 0.783. The fourth-order valence-corrected chi connectivity index (χ4v) is 4.77. The van der Waals surface area contributed by atoms with E-state index in [0.29, 0.717) is 0 Å². The summed E-state index contributed by atoms with van der Waals surface area (Å²) < 4.78 is 14.9. The highest BCUT2D eigenvalue weighted by Crippen LogP contribution is 2.36. The van der Waals surface area contributed by atoms with Gasteiger partial charge in [0.1, 0.15) is 8.07 Å². The van der Waals surface area contributed by atoms with Gasteiger partial charge in [0.05, 0.1) is 11.2 Å². The van der Waals surface area contributed by atoms with Crippen molar-refractivity contribution in [3.8, 4) is 0 Å². The molecule has 0 radical (unpaired) electrons. The fraction of sp³-hybridized carbons (Fsp3) is 0.812. The van der Waals surface area contributed by atoms with Gasteiger partial charge in [0.25, 0.3) is 0 Å². The second-order valence-corrected chi connectivity index (χ2v) is 13.7. The minimum atomic E-state index is -1.55. The summed E-state index contributed by atoms with van der Waals surface area (Å²) in [5.41, 5.74) is 2.01. The molecule has 0 saturated carbocycles. The van der Waals surface area contributed by atoms with Crippen molar-refractivity contribution in [2.45, 2.75) is 84.3 Å². The molecule has 0 unspecified atom stereocenters. The first-order chi connectivity index (χ1) is 10.0. The molecule has 1 aromatic rings. The smallest absolute Gasteiger partial charge is 0.399 e. The van der Waals surface area contributed by atoms with Gasteiger partial charge in [0, 0.05) is 23.0 Å². The molecule has 0 bridgehead atoms. The lowest BCUT2D eigenvalue weighted by atomic mass is 9.78. The molecule has 0 N–H and O–H groups in total. The van der Waals surface area contributed by atoms with Gasteiger partial charge in [0.2, 0.25) is 0 Å². The first-order valence-electron chi connectivity index (χ1n) is 8.49. The van der Waals surface area contributed by atoms with E-state index in [1.807, 2.05) is 0 Å². The van der Waals surface area contributed by atoms with E-state index in [4.69, 9.17) is 14.4 Å². The van der Waals surface area contributed by atoms with Crippen LogP contribution in [-0.2, 0) is 22.3 Å². The van der Waals surface area contributed by atoms with Crippen molar-refractivity contribution in [3.05, 3.63) is 5.69 Å². The largest absolute Gasteiger partial charge is 0.498 e. The minimum absolute atomic E-state index is 0.270. The lowest BCUT2D eigenvalue weighted by molar-refractivity contribution is 0.00578. The lowest BCUT2D eigenvalue weighted by Gasteiger charge is -2.32. The van der Waals surface area contributed by atoms with Crippen LogP contribution in [0.15, 0.2) is 0 Å². The van der Waals surface area contributed by atoms with Crippen LogP contribution in [0.1, 0.15) is 46.2 Å². The van der Waals surface area contributed by atoms with Crippen molar-refractivity contribution in [1.29, 1.82) is 0 Å². The van der Waals surface area contributed by atoms with Crippen LogP contribution < -0.4 is 10.8 Å². The predicted molar refractivity (Wildman–Crippen MR) is 93.9 cm³/mol. The number of fused-ring (bicyclic) bond motifs is 1. The van der Waals surface area contributed by atoms with Gasteiger partial charge < -0.3 is 9.31 Å². The van der Waals surface area contributed by atoms with E-state index in [-0.39, 0.29) is 18.3 Å². The van der Waals surface area contributed by atoms with Gasteiger partial charge in [0.15, 0.2) is 0 Å². The summed E-state index contributed by atoms with van der Waals surface area (Å²) in [6.45, 7) is 16.6. The highest BCUT2D eigenvalue weighted by molar-refractivity contribution is 6.92. The molecule has 6 heteroatoms. The Bertz CT molecular complexity index is 574. The maximum absolute atomic E-state index is 6.36. The molecule has 1 saturated heterocycles. The van der Waals surface area contributed by atoms with Crippen LogP contribution in [-0.4, -0.2) is 36.2 Å². The van der Waals surface area contributed by atoms with Crippen LogP contribution >= 0.6 is 0 Å². The van der Waals surface area contributed by atoms with E-state index in [0.717, 1.165) is 13.0 Å². The molecule has 1 aromatic heterocycles. The number of rotatable bonds is 2. The second-order valence-electron chi connectivity index (χ2n) is 8.73. The molecule has 0 amide bonds. The Labute approximate surface area is 135 Å². The van der Waals surface area contributed by atoms with E-state index >= 15 is 0 Å². The van der Waals surface area contributed by atoms with E-state index in [1.54, 1.807) is 0 Å². The number of aryl methyl sites for hydroxylation is 1. The van der Waals surface area contributed by atoms with Crippen molar-refractivity contribution in [3.63, 3.8) is 0 Å². The summed E-state index contributed by atoms with van der Waals surface area (Å²) in [6.07, 6.45) is 3.56. The summed E-state index contributed by atoms with van der Waals surface area (Å²) in [5.74, 6) is 0. The van der Waals surface area contributed by atoms with Crippen molar-refractivity contribution in [1.82, 2.24) is 9.78 Å². The minimum Gasteiger partial charge on any atom is -0.399 e. The second kappa shape index (κ2) is 4.95. The van der Waals surface area contributed by atoms with Crippen LogP contribution in [0.2, 0.25) is 19.6 Å². The Morgan fingerprint density at radius 1 is 1.05 bits per heavy atom. The van der Waals surface area contributed by atoms with Crippen LogP contribution in [0.5, 0.6) is 0 Å². The summed E-state index contributed by atoms with van der Waals surface area (Å²) in [6, 6.07) is 0. The Kier molecular flexibility index (Phi) is 3.66. The van der Waals surface area contributed by atoms with Crippen LogP contribution in [0.25, 0.3) is 0 Å². The van der Waals surface area contributed by atoms with E-state index in [2.05, 4.69) is 52.0 Å². The molecule has 22 heavy (non-hydrogen) atoms. The molecule has 0 aliphatic carbocycles. The molecule has 2 aliphatic heterocycles. The molecule has 0 atom stereocenters. The van der Waals surface area contributed by atoms with E-state index in [1.165, 1.54) is 29.3 Å². The average Bonchev–Trinajstić information content (AvgIpc) is 2.84. The third kappa shape index (κ3) is 2.49. The van der Waals surface area contributed by atoms with Gasteiger partial charge in [-0.05, 0) is 47.0 Å². The number of nitrogens with zero attached hydrogens (tertiary/aromatic N) is 2. The Hall–Kier alpha value is -0.588. The Balaban J connectivity index is 2.09. The topological polar surface area (TPSA) is 36.3 Å². The van der Waals surface area contributed by atoms with Crippen molar-refractivity contribution in [2.24, 2.45) is 0 Å². The molecule has 3 rings (SSSR count). The van der Waals surface area contributed by atoms with Gasteiger partial charge >= 0.3 is 7.12 Å². The zero-order valence-electron chi connectivity index (χ0n) is 15.1. The average molecular weight is 320 g/mol. The monoisotopic (exact) mass is 320 g/mol. The molecule has 3 heterocycles. The normalized spacial score (nSPS) is 23.7. The highest BCUT2D eigenvalue weighted by atomic mass is 28.3. The standard InChI is InChI=1S/C16H29BN2O2Si/c1-15(2)16(3,4)21-17(20-15)13-12-10-8-9-11-19(12)18-14(13)22(5,6)7/h8-11H2,1-7H3. The number of hydrogen-bond donors (Lipinski definition) is 0. The first-order valence-corrected chi connectivity index (χ1v) is 12.0. The van der Waals surface area contributed by atoms with Crippen LogP contribution in [0.3, 0.4) is 0 Å². The van der Waals surface area contributed by atoms with Gasteiger partial charge in [-0.3, -0.25) is 4.68 Å². The zero-order chi connectivity index (χ0) is 16.3. The maximum atomic E-state index is 6.36. The van der Waals surface area contributed by atoms with E-state index in [9.17, 15) is 0 Å². The molecule has 0 aromatic carbocycles. The molecule has 0 spiro atoms. The van der Waals surface area contributed by atoms with Crippen molar-refractivity contribution in [2.75, 3.05) is 0 Å². The first kappa shape index (κ1) is 16.3. The molecule has 2 aliphatic rings. The van der Waals surface area contributed by atoms with Crippen molar-refractivity contribution < 1.29 is 9.31 Å². The lowest BCUT2D eigenvalue weighted by Crippen LogP contribution is -2.54. The fourth-order valence-electron chi connectivity index (χ4n) is 3.28. The van der Waals surface area contributed by atoms with Crippen LogP contribution in [0.4, 0.5) is 0 Å². The predicted octanol–water partition coefficient (Wildman–Crippen LogP) is 2.06. The van der Waals surface area contributed by atoms with E-state index < -0.39 is 8.07 Å². The molecule has 122 valence electrons. The Morgan fingerprint density at radius 2 is 1.64 bits per heavy atom. The zero-order valence-corrected chi connectivity index (χ0v) is 16.1. The number of aromatic nitrogens is 2. The molecular weight excluding hydrogens is 291 g/mol. The number of hydrogen-bond acceptors (Lipinski definition) is 3. The molecule has 1 fully saturated rings. The third-order valence-electron chi connectivity index (χ3n) is 5.33. The van der Waals surface area contributed by atoms with Gasteiger partial charge in [-0.25, -0.2) is 0 Å². The van der Waals surface area contributed by atoms with Crippen LogP contribution in [0, 0.1) is 0 Å². The van der Waals surface area contributed by atoms with Crippen molar-refractivity contribution >= 4 is 26.0 Å². The van der Waals surface area contributed by atoms with Gasteiger partial charge in [-0.2, -0.15) is 5.10 Å². The highest BCUT2D eigenvalue weighted by Gasteiger charge is 2.54. The maximum Gasteiger partial charge on any atom is 0.498 e. The summed E-state index contributed by atoms with van der Waals surface area (Å²) in [5, 5.41) is 6.25.